The third-order valence-corrected chi connectivity index (χ3v) is 4.03. The molecule has 116 valence electrons. The van der Waals surface area contributed by atoms with Crippen molar-refractivity contribution in [2.45, 2.75) is 27.3 Å². The molecule has 0 amide bonds. The van der Waals surface area contributed by atoms with E-state index in [1.54, 1.807) is 19.3 Å². The number of aryl methyl sites for hydroxylation is 2. The number of allylic oxidation sites excluding steroid dienone is 1. The molecule has 0 aliphatic rings. The summed E-state index contributed by atoms with van der Waals surface area (Å²) in [5.41, 5.74) is 3.18. The summed E-state index contributed by atoms with van der Waals surface area (Å²) in [6.45, 7) is 6.54. The van der Waals surface area contributed by atoms with E-state index in [0.29, 0.717) is 5.56 Å². The molecular weight excluding hydrogens is 344 g/mol. The first-order valence-corrected chi connectivity index (χ1v) is 7.87. The van der Waals surface area contributed by atoms with Crippen LogP contribution < -0.4 is 4.74 Å². The topological polar surface area (TPSA) is 44.1 Å². The Hall–Kier alpha value is -1.88. The summed E-state index contributed by atoms with van der Waals surface area (Å²) in [5, 5.41) is 4.38. The lowest BCUT2D eigenvalue weighted by atomic mass is 10.1. The molecule has 0 atom stereocenters. The first-order valence-electron chi connectivity index (χ1n) is 7.07. The van der Waals surface area contributed by atoms with E-state index in [1.165, 1.54) is 0 Å². The van der Waals surface area contributed by atoms with Crippen LogP contribution in [0, 0.1) is 13.8 Å². The lowest BCUT2D eigenvalue weighted by molar-refractivity contribution is 0.104. The maximum atomic E-state index is 12.5. The maximum Gasteiger partial charge on any atom is 0.189 e. The highest BCUT2D eigenvalue weighted by molar-refractivity contribution is 9.10. The molecule has 2 rings (SSSR count). The molecule has 0 saturated carbocycles. The summed E-state index contributed by atoms with van der Waals surface area (Å²) in [4.78, 5) is 12.5. The monoisotopic (exact) mass is 362 g/mol. The summed E-state index contributed by atoms with van der Waals surface area (Å²) in [5.74, 6) is 0.682. The summed E-state index contributed by atoms with van der Waals surface area (Å²) < 4.78 is 8.09. The summed E-state index contributed by atoms with van der Waals surface area (Å²) in [6, 6.07) is 5.68. The van der Waals surface area contributed by atoms with Gasteiger partial charge < -0.3 is 4.74 Å². The second-order valence-corrected chi connectivity index (χ2v) is 5.86. The van der Waals surface area contributed by atoms with Crippen LogP contribution in [0.2, 0.25) is 0 Å². The van der Waals surface area contributed by atoms with Gasteiger partial charge in [-0.3, -0.25) is 9.48 Å². The zero-order chi connectivity index (χ0) is 16.3. The van der Waals surface area contributed by atoms with Crippen LogP contribution in [0.4, 0.5) is 0 Å². The van der Waals surface area contributed by atoms with Crippen molar-refractivity contribution in [1.29, 1.82) is 0 Å². The minimum Gasteiger partial charge on any atom is -0.496 e. The molecule has 0 aliphatic carbocycles. The fourth-order valence-corrected chi connectivity index (χ4v) is 2.82. The average molecular weight is 363 g/mol. The number of ether oxygens (including phenoxy) is 1. The van der Waals surface area contributed by atoms with Gasteiger partial charge in [0.1, 0.15) is 5.75 Å². The number of methoxy groups -OCH3 is 1. The number of rotatable bonds is 5. The number of ketones is 1. The van der Waals surface area contributed by atoms with Crippen LogP contribution >= 0.6 is 15.9 Å². The Balaban J connectivity index is 2.33. The fourth-order valence-electron chi connectivity index (χ4n) is 2.45. The standard InChI is InChI=1S/C17H19BrN2O2/c1-5-20-12(3)17(11(2)19-20)15(21)8-6-13-10-14(18)7-9-16(13)22-4/h6-10H,5H2,1-4H3/b8-6+. The van der Waals surface area contributed by atoms with E-state index in [9.17, 15) is 4.79 Å². The van der Waals surface area contributed by atoms with Crippen LogP contribution in [-0.4, -0.2) is 22.7 Å². The second kappa shape index (κ2) is 6.92. The number of hydrogen-bond donors (Lipinski definition) is 0. The van der Waals surface area contributed by atoms with Gasteiger partial charge in [-0.05, 0) is 51.1 Å². The molecule has 0 unspecified atom stereocenters. The van der Waals surface area contributed by atoms with E-state index in [1.807, 2.05) is 43.7 Å². The van der Waals surface area contributed by atoms with Gasteiger partial charge in [0, 0.05) is 22.3 Å². The molecule has 4 nitrogen and oxygen atoms in total. The molecule has 0 radical (unpaired) electrons. The summed E-state index contributed by atoms with van der Waals surface area (Å²) >= 11 is 3.43. The van der Waals surface area contributed by atoms with Crippen molar-refractivity contribution >= 4 is 27.8 Å². The Morgan fingerprint density at radius 3 is 2.73 bits per heavy atom. The number of aromatic nitrogens is 2. The Morgan fingerprint density at radius 1 is 1.41 bits per heavy atom. The molecule has 2 aromatic rings. The molecule has 0 fully saturated rings. The summed E-state index contributed by atoms with van der Waals surface area (Å²) in [6.07, 6.45) is 3.34. The molecule has 1 aromatic heterocycles. The molecule has 0 saturated heterocycles. The SMILES string of the molecule is CCn1nc(C)c(C(=O)/C=C/c2cc(Br)ccc2OC)c1C. The zero-order valence-corrected chi connectivity index (χ0v) is 14.8. The van der Waals surface area contributed by atoms with Crippen molar-refractivity contribution in [3.05, 3.63) is 51.3 Å². The molecule has 1 heterocycles. The van der Waals surface area contributed by atoms with Gasteiger partial charge in [-0.2, -0.15) is 5.10 Å². The molecular formula is C17H19BrN2O2. The van der Waals surface area contributed by atoms with Crippen molar-refractivity contribution in [2.24, 2.45) is 0 Å². The van der Waals surface area contributed by atoms with Gasteiger partial charge >= 0.3 is 0 Å². The van der Waals surface area contributed by atoms with E-state index < -0.39 is 0 Å². The maximum absolute atomic E-state index is 12.5. The van der Waals surface area contributed by atoms with Crippen molar-refractivity contribution in [1.82, 2.24) is 9.78 Å². The number of nitrogens with zero attached hydrogens (tertiary/aromatic N) is 2. The van der Waals surface area contributed by atoms with Gasteiger partial charge in [-0.1, -0.05) is 15.9 Å². The first-order chi connectivity index (χ1) is 10.5. The minimum absolute atomic E-state index is 0.0447. The van der Waals surface area contributed by atoms with Crippen molar-refractivity contribution < 1.29 is 9.53 Å². The minimum atomic E-state index is -0.0447. The molecule has 1 aromatic carbocycles. The third-order valence-electron chi connectivity index (χ3n) is 3.53. The van der Waals surface area contributed by atoms with Crippen LogP contribution in [0.15, 0.2) is 28.7 Å². The van der Waals surface area contributed by atoms with Crippen LogP contribution in [0.3, 0.4) is 0 Å². The van der Waals surface area contributed by atoms with Crippen LogP contribution in [-0.2, 0) is 6.54 Å². The molecule has 5 heteroatoms. The van der Waals surface area contributed by atoms with Gasteiger partial charge in [0.15, 0.2) is 5.78 Å². The van der Waals surface area contributed by atoms with E-state index in [2.05, 4.69) is 21.0 Å². The van der Waals surface area contributed by atoms with Gasteiger partial charge in [-0.25, -0.2) is 0 Å². The smallest absolute Gasteiger partial charge is 0.189 e. The average Bonchev–Trinajstić information content (AvgIpc) is 2.79. The molecule has 22 heavy (non-hydrogen) atoms. The van der Waals surface area contributed by atoms with Crippen LogP contribution in [0.1, 0.15) is 34.2 Å². The van der Waals surface area contributed by atoms with Crippen molar-refractivity contribution in [2.75, 3.05) is 7.11 Å². The molecule has 0 bridgehead atoms. The Bertz CT molecular complexity index is 733. The predicted octanol–water partition coefficient (Wildman–Crippen LogP) is 4.19. The highest BCUT2D eigenvalue weighted by atomic mass is 79.9. The van der Waals surface area contributed by atoms with E-state index >= 15 is 0 Å². The quantitative estimate of drug-likeness (QED) is 0.591. The fraction of sp³-hybridized carbons (Fsp3) is 0.294. The second-order valence-electron chi connectivity index (χ2n) is 4.95. The van der Waals surface area contributed by atoms with Gasteiger partial charge in [0.2, 0.25) is 0 Å². The lowest BCUT2D eigenvalue weighted by Gasteiger charge is -2.05. The Kier molecular flexibility index (Phi) is 5.19. The number of benzene rings is 1. The zero-order valence-electron chi connectivity index (χ0n) is 13.2. The van der Waals surface area contributed by atoms with E-state index in [4.69, 9.17) is 4.74 Å². The Labute approximate surface area is 138 Å². The first kappa shape index (κ1) is 16.5. The number of hydrogen-bond acceptors (Lipinski definition) is 3. The number of carbonyl (C=O) groups is 1. The van der Waals surface area contributed by atoms with Gasteiger partial charge in [0.25, 0.3) is 0 Å². The highest BCUT2D eigenvalue weighted by Gasteiger charge is 2.16. The largest absolute Gasteiger partial charge is 0.496 e. The van der Waals surface area contributed by atoms with E-state index in [-0.39, 0.29) is 5.78 Å². The number of carbonyl (C=O) groups excluding carboxylic acids is 1. The predicted molar refractivity (Wildman–Crippen MR) is 91.4 cm³/mol. The normalized spacial score (nSPS) is 11.1. The lowest BCUT2D eigenvalue weighted by Crippen LogP contribution is -2.02. The molecule has 0 aliphatic heterocycles. The van der Waals surface area contributed by atoms with Gasteiger partial charge in [0.05, 0.1) is 18.4 Å². The van der Waals surface area contributed by atoms with Crippen molar-refractivity contribution in [3.8, 4) is 5.75 Å². The van der Waals surface area contributed by atoms with Crippen LogP contribution in [0.5, 0.6) is 5.75 Å². The van der Waals surface area contributed by atoms with Crippen molar-refractivity contribution in [3.63, 3.8) is 0 Å². The van der Waals surface area contributed by atoms with Gasteiger partial charge in [-0.15, -0.1) is 0 Å². The van der Waals surface area contributed by atoms with E-state index in [0.717, 1.165) is 33.7 Å². The molecule has 0 N–H and O–H groups in total. The third kappa shape index (κ3) is 3.30. The molecule has 0 spiro atoms. The Morgan fingerprint density at radius 2 is 2.14 bits per heavy atom. The summed E-state index contributed by atoms with van der Waals surface area (Å²) in [7, 11) is 1.61. The van der Waals surface area contributed by atoms with Crippen LogP contribution in [0.25, 0.3) is 6.08 Å². The number of halogens is 1. The highest BCUT2D eigenvalue weighted by Crippen LogP contribution is 2.24.